The normalized spacial score (nSPS) is 18.8. The van der Waals surface area contributed by atoms with Crippen LogP contribution in [-0.4, -0.2) is 27.3 Å². The second-order valence-corrected chi connectivity index (χ2v) is 5.48. The summed E-state index contributed by atoms with van der Waals surface area (Å²) in [5.41, 5.74) is 1.71. The Balaban J connectivity index is 1.89. The molecule has 0 saturated carbocycles. The molecule has 0 spiro atoms. The third-order valence-electron chi connectivity index (χ3n) is 3.90. The van der Waals surface area contributed by atoms with E-state index < -0.39 is 0 Å². The number of aryl methyl sites for hydroxylation is 1. The fourth-order valence-corrected chi connectivity index (χ4v) is 2.89. The highest BCUT2D eigenvalue weighted by Crippen LogP contribution is 2.32. The highest BCUT2D eigenvalue weighted by atomic mass is 19.1. The number of rotatable bonds is 2. The second-order valence-electron chi connectivity index (χ2n) is 5.48. The number of aromatic nitrogens is 2. The number of imidazole rings is 1. The molecule has 0 aliphatic carbocycles. The maximum absolute atomic E-state index is 13.5. The summed E-state index contributed by atoms with van der Waals surface area (Å²) in [6.07, 6.45) is 4.52. The molecular formula is C16H18FN3O. The minimum Gasteiger partial charge on any atom is -0.338 e. The van der Waals surface area contributed by atoms with Crippen molar-refractivity contribution in [3.8, 4) is 0 Å². The first kappa shape index (κ1) is 13.8. The van der Waals surface area contributed by atoms with Gasteiger partial charge in [0.1, 0.15) is 5.82 Å². The van der Waals surface area contributed by atoms with E-state index in [1.165, 1.54) is 12.1 Å². The third kappa shape index (κ3) is 2.82. The van der Waals surface area contributed by atoms with Gasteiger partial charge in [0.05, 0.1) is 6.04 Å². The Morgan fingerprint density at radius 1 is 1.43 bits per heavy atom. The van der Waals surface area contributed by atoms with E-state index in [9.17, 15) is 9.18 Å². The van der Waals surface area contributed by atoms with Crippen molar-refractivity contribution in [2.45, 2.75) is 32.2 Å². The zero-order chi connectivity index (χ0) is 14.8. The molecule has 1 aliphatic rings. The molecule has 1 saturated heterocycles. The van der Waals surface area contributed by atoms with Gasteiger partial charge in [0.15, 0.2) is 5.82 Å². The maximum Gasteiger partial charge on any atom is 0.290 e. The zero-order valence-corrected chi connectivity index (χ0v) is 12.0. The van der Waals surface area contributed by atoms with Crippen molar-refractivity contribution in [1.82, 2.24) is 14.9 Å². The largest absolute Gasteiger partial charge is 0.338 e. The number of piperidine rings is 1. The molecule has 1 amide bonds. The topological polar surface area (TPSA) is 49.0 Å². The monoisotopic (exact) mass is 287 g/mol. The molecule has 0 radical (unpaired) electrons. The van der Waals surface area contributed by atoms with E-state index in [4.69, 9.17) is 0 Å². The number of nitrogens with one attached hydrogen (secondary N) is 1. The number of carbonyl (C=O) groups excluding carboxylic acids is 1. The van der Waals surface area contributed by atoms with E-state index in [0.29, 0.717) is 12.4 Å². The van der Waals surface area contributed by atoms with E-state index in [0.717, 1.165) is 30.5 Å². The van der Waals surface area contributed by atoms with Crippen molar-refractivity contribution in [3.05, 3.63) is 53.4 Å². The number of aromatic amines is 1. The molecule has 2 aromatic rings. The van der Waals surface area contributed by atoms with Gasteiger partial charge in [0, 0.05) is 18.4 Å². The molecule has 3 rings (SSSR count). The summed E-state index contributed by atoms with van der Waals surface area (Å²) in [4.78, 5) is 21.5. The molecule has 0 bridgehead atoms. The van der Waals surface area contributed by atoms with Crippen molar-refractivity contribution in [2.75, 3.05) is 6.54 Å². The number of halogens is 1. The minimum atomic E-state index is -0.265. The molecule has 110 valence electrons. The lowest BCUT2D eigenvalue weighted by atomic mass is 9.95. The van der Waals surface area contributed by atoms with Gasteiger partial charge >= 0.3 is 0 Å². The van der Waals surface area contributed by atoms with Gasteiger partial charge in [0.25, 0.3) is 5.91 Å². The van der Waals surface area contributed by atoms with E-state index in [1.807, 2.05) is 13.0 Å². The summed E-state index contributed by atoms with van der Waals surface area (Å²) in [5.74, 6) is -0.0211. The van der Waals surface area contributed by atoms with Crippen molar-refractivity contribution in [1.29, 1.82) is 0 Å². The Kier molecular flexibility index (Phi) is 3.73. The van der Waals surface area contributed by atoms with E-state index >= 15 is 0 Å². The lowest BCUT2D eigenvalue weighted by molar-refractivity contribution is 0.0599. The van der Waals surface area contributed by atoms with E-state index in [-0.39, 0.29) is 17.8 Å². The number of nitrogens with zero attached hydrogens (tertiary/aromatic N) is 2. The number of carbonyl (C=O) groups is 1. The Morgan fingerprint density at radius 2 is 2.29 bits per heavy atom. The van der Waals surface area contributed by atoms with Gasteiger partial charge in [-0.2, -0.15) is 0 Å². The molecule has 1 aromatic heterocycles. The number of benzene rings is 1. The molecule has 1 fully saturated rings. The van der Waals surface area contributed by atoms with Gasteiger partial charge in [-0.25, -0.2) is 9.37 Å². The van der Waals surface area contributed by atoms with Gasteiger partial charge in [-0.15, -0.1) is 0 Å². The molecule has 1 aromatic carbocycles. The van der Waals surface area contributed by atoms with E-state index in [2.05, 4.69) is 9.97 Å². The van der Waals surface area contributed by atoms with Crippen LogP contribution in [0.3, 0.4) is 0 Å². The third-order valence-corrected chi connectivity index (χ3v) is 3.90. The van der Waals surface area contributed by atoms with Crippen LogP contribution in [0.25, 0.3) is 0 Å². The van der Waals surface area contributed by atoms with E-state index in [1.54, 1.807) is 17.2 Å². The Labute approximate surface area is 123 Å². The molecule has 1 aliphatic heterocycles. The van der Waals surface area contributed by atoms with Gasteiger partial charge in [-0.05, 0) is 43.9 Å². The molecule has 5 heteroatoms. The molecule has 4 nitrogen and oxygen atoms in total. The van der Waals surface area contributed by atoms with Crippen LogP contribution in [0.15, 0.2) is 30.5 Å². The first-order valence-electron chi connectivity index (χ1n) is 7.23. The molecule has 1 N–H and O–H groups in total. The summed E-state index contributed by atoms with van der Waals surface area (Å²) in [7, 11) is 0. The van der Waals surface area contributed by atoms with Gasteiger partial charge < -0.3 is 9.88 Å². The van der Waals surface area contributed by atoms with Crippen molar-refractivity contribution < 1.29 is 9.18 Å². The summed E-state index contributed by atoms with van der Waals surface area (Å²) in [5, 5.41) is 0. The summed E-state index contributed by atoms with van der Waals surface area (Å²) < 4.78 is 13.5. The Hall–Kier alpha value is -2.17. The number of H-pyrrole nitrogens is 1. The van der Waals surface area contributed by atoms with Crippen LogP contribution in [0.1, 0.15) is 47.2 Å². The Bertz CT molecular complexity index is 652. The first-order chi connectivity index (χ1) is 10.1. The van der Waals surface area contributed by atoms with Crippen LogP contribution in [0.4, 0.5) is 4.39 Å². The summed E-state index contributed by atoms with van der Waals surface area (Å²) >= 11 is 0. The highest BCUT2D eigenvalue weighted by Gasteiger charge is 2.30. The van der Waals surface area contributed by atoms with Crippen LogP contribution in [0.5, 0.6) is 0 Å². The highest BCUT2D eigenvalue weighted by molar-refractivity contribution is 5.91. The van der Waals surface area contributed by atoms with Crippen molar-refractivity contribution >= 4 is 5.91 Å². The zero-order valence-electron chi connectivity index (χ0n) is 12.0. The average molecular weight is 287 g/mol. The number of hydrogen-bond acceptors (Lipinski definition) is 2. The number of likely N-dealkylation sites (tertiary alicyclic amines) is 1. The quantitative estimate of drug-likeness (QED) is 0.922. The predicted molar refractivity (Wildman–Crippen MR) is 77.4 cm³/mol. The molecule has 1 unspecified atom stereocenters. The van der Waals surface area contributed by atoms with Crippen LogP contribution in [0.2, 0.25) is 0 Å². The second kappa shape index (κ2) is 5.68. The van der Waals surface area contributed by atoms with Gasteiger partial charge in [0.2, 0.25) is 0 Å². The van der Waals surface area contributed by atoms with Crippen LogP contribution < -0.4 is 0 Å². The summed E-state index contributed by atoms with van der Waals surface area (Å²) in [6.45, 7) is 2.55. The van der Waals surface area contributed by atoms with Crippen LogP contribution in [-0.2, 0) is 0 Å². The fourth-order valence-electron chi connectivity index (χ4n) is 2.89. The van der Waals surface area contributed by atoms with Crippen LogP contribution in [0, 0.1) is 12.7 Å². The fraction of sp³-hybridized carbons (Fsp3) is 0.375. The molecule has 21 heavy (non-hydrogen) atoms. The van der Waals surface area contributed by atoms with Crippen LogP contribution >= 0.6 is 0 Å². The van der Waals surface area contributed by atoms with Gasteiger partial charge in [-0.1, -0.05) is 12.1 Å². The smallest absolute Gasteiger partial charge is 0.290 e. The SMILES string of the molecule is Cc1cnc(C(=O)N2CCCCC2c2cccc(F)c2)[nH]1. The lowest BCUT2D eigenvalue weighted by Crippen LogP contribution is -2.39. The van der Waals surface area contributed by atoms with Crippen molar-refractivity contribution in [3.63, 3.8) is 0 Å². The standard InChI is InChI=1S/C16H18FN3O/c1-11-10-18-15(19-11)16(21)20-8-3-2-7-14(20)12-5-4-6-13(17)9-12/h4-6,9-10,14H,2-3,7-8H2,1H3,(H,18,19). The van der Waals surface area contributed by atoms with Gasteiger partial charge in [-0.3, -0.25) is 4.79 Å². The minimum absolute atomic E-state index is 0.0765. The number of hydrogen-bond donors (Lipinski definition) is 1. The predicted octanol–water partition coefficient (Wildman–Crippen LogP) is 3.22. The Morgan fingerprint density at radius 3 is 3.00 bits per heavy atom. The molecule has 1 atom stereocenters. The molecular weight excluding hydrogens is 269 g/mol. The lowest BCUT2D eigenvalue weighted by Gasteiger charge is -2.35. The van der Waals surface area contributed by atoms with Crippen molar-refractivity contribution in [2.24, 2.45) is 0 Å². The summed E-state index contributed by atoms with van der Waals surface area (Å²) in [6, 6.07) is 6.44. The first-order valence-corrected chi connectivity index (χ1v) is 7.23. The average Bonchev–Trinajstić information content (AvgIpc) is 2.93. The maximum atomic E-state index is 13.5. The number of amides is 1. The molecule has 2 heterocycles.